The second kappa shape index (κ2) is 14.0. The summed E-state index contributed by atoms with van der Waals surface area (Å²) < 4.78 is 10.8. The van der Waals surface area contributed by atoms with Gasteiger partial charge in [0.25, 0.3) is 0 Å². The molecule has 0 bridgehead atoms. The van der Waals surface area contributed by atoms with Gasteiger partial charge in [-0.2, -0.15) is 0 Å². The fourth-order valence-electron chi connectivity index (χ4n) is 3.34. The van der Waals surface area contributed by atoms with Crippen molar-refractivity contribution in [1.82, 2.24) is 15.5 Å². The molecule has 1 aliphatic rings. The molecule has 1 aliphatic heterocycles. The smallest absolute Gasteiger partial charge is 0.191 e. The van der Waals surface area contributed by atoms with Gasteiger partial charge in [-0.1, -0.05) is 26.0 Å². The van der Waals surface area contributed by atoms with Gasteiger partial charge in [0.1, 0.15) is 5.75 Å². The van der Waals surface area contributed by atoms with E-state index < -0.39 is 0 Å². The van der Waals surface area contributed by atoms with E-state index >= 15 is 0 Å². The Morgan fingerprint density at radius 2 is 2.00 bits per heavy atom. The molecule has 1 aromatic rings. The van der Waals surface area contributed by atoms with Crippen LogP contribution >= 0.6 is 24.0 Å². The van der Waals surface area contributed by atoms with E-state index in [-0.39, 0.29) is 24.0 Å². The van der Waals surface area contributed by atoms with Crippen LogP contribution in [0.5, 0.6) is 5.75 Å². The van der Waals surface area contributed by atoms with Crippen molar-refractivity contribution in [3.05, 3.63) is 29.8 Å². The molecular weight excluding hydrogens is 467 g/mol. The predicted octanol–water partition coefficient (Wildman–Crippen LogP) is 2.77. The molecule has 28 heavy (non-hydrogen) atoms. The van der Waals surface area contributed by atoms with Crippen LogP contribution in [0.2, 0.25) is 0 Å². The molecule has 1 unspecified atom stereocenters. The molecule has 2 N–H and O–H groups in total. The van der Waals surface area contributed by atoms with E-state index in [1.54, 1.807) is 7.11 Å². The summed E-state index contributed by atoms with van der Waals surface area (Å²) in [5, 5.41) is 6.82. The number of ether oxygens (including phenoxy) is 2. The Labute approximate surface area is 187 Å². The van der Waals surface area contributed by atoms with Crippen LogP contribution < -0.4 is 15.4 Å². The van der Waals surface area contributed by atoms with Crippen LogP contribution in [0.3, 0.4) is 0 Å². The molecule has 6 nitrogen and oxygen atoms in total. The summed E-state index contributed by atoms with van der Waals surface area (Å²) in [6.07, 6.45) is 0.929. The van der Waals surface area contributed by atoms with Gasteiger partial charge in [-0.05, 0) is 37.0 Å². The summed E-state index contributed by atoms with van der Waals surface area (Å²) in [6.45, 7) is 12.8. The number of benzene rings is 1. The van der Waals surface area contributed by atoms with Crippen LogP contribution in [-0.4, -0.2) is 69.9 Å². The first-order valence-corrected chi connectivity index (χ1v) is 10.1. The lowest BCUT2D eigenvalue weighted by atomic mass is 10.0. The molecule has 1 saturated heterocycles. The molecule has 7 heteroatoms. The molecule has 0 spiro atoms. The predicted molar refractivity (Wildman–Crippen MR) is 127 cm³/mol. The third-order valence-electron chi connectivity index (χ3n) is 4.91. The van der Waals surface area contributed by atoms with Gasteiger partial charge in [0.2, 0.25) is 0 Å². The zero-order valence-corrected chi connectivity index (χ0v) is 20.1. The number of morpholine rings is 1. The van der Waals surface area contributed by atoms with Crippen molar-refractivity contribution < 1.29 is 9.47 Å². The van der Waals surface area contributed by atoms with Crippen molar-refractivity contribution in [2.45, 2.75) is 33.2 Å². The first kappa shape index (κ1) is 25.0. The number of methoxy groups -OCH3 is 1. The highest BCUT2D eigenvalue weighted by Crippen LogP contribution is 2.14. The molecule has 0 aromatic heterocycles. The Bertz CT molecular complexity index is 577. The van der Waals surface area contributed by atoms with E-state index in [4.69, 9.17) is 14.5 Å². The quantitative estimate of drug-likeness (QED) is 0.308. The lowest BCUT2D eigenvalue weighted by Gasteiger charge is -2.36. The normalized spacial score (nSPS) is 16.4. The third kappa shape index (κ3) is 8.53. The highest BCUT2D eigenvalue weighted by atomic mass is 127. The fourth-order valence-corrected chi connectivity index (χ4v) is 3.34. The van der Waals surface area contributed by atoms with Crippen molar-refractivity contribution in [2.24, 2.45) is 10.9 Å². The Kier molecular flexibility index (Phi) is 12.5. The monoisotopic (exact) mass is 504 g/mol. The van der Waals surface area contributed by atoms with E-state index in [1.807, 2.05) is 12.1 Å². The van der Waals surface area contributed by atoms with E-state index in [1.165, 1.54) is 5.56 Å². The molecule has 1 fully saturated rings. The van der Waals surface area contributed by atoms with E-state index in [0.717, 1.165) is 64.1 Å². The third-order valence-corrected chi connectivity index (χ3v) is 4.91. The minimum absolute atomic E-state index is 0. The number of nitrogens with zero attached hydrogens (tertiary/aromatic N) is 2. The number of halogens is 1. The zero-order valence-electron chi connectivity index (χ0n) is 17.7. The molecular formula is C21H37IN4O2. The van der Waals surface area contributed by atoms with Crippen molar-refractivity contribution in [3.63, 3.8) is 0 Å². The van der Waals surface area contributed by atoms with Crippen molar-refractivity contribution in [3.8, 4) is 5.75 Å². The summed E-state index contributed by atoms with van der Waals surface area (Å²) in [7, 11) is 1.70. The van der Waals surface area contributed by atoms with Gasteiger partial charge in [0, 0.05) is 32.2 Å². The molecule has 0 aliphatic carbocycles. The van der Waals surface area contributed by atoms with Crippen molar-refractivity contribution in [1.29, 1.82) is 0 Å². The van der Waals surface area contributed by atoms with Crippen LogP contribution in [0.15, 0.2) is 29.3 Å². The van der Waals surface area contributed by atoms with Crippen LogP contribution in [0.1, 0.15) is 26.3 Å². The second-order valence-electron chi connectivity index (χ2n) is 7.21. The average Bonchev–Trinajstić information content (AvgIpc) is 2.69. The van der Waals surface area contributed by atoms with Crippen LogP contribution in [0, 0.1) is 5.92 Å². The molecule has 160 valence electrons. The maximum absolute atomic E-state index is 5.49. The van der Waals surface area contributed by atoms with Gasteiger partial charge in [-0.3, -0.25) is 9.89 Å². The summed E-state index contributed by atoms with van der Waals surface area (Å²) in [4.78, 5) is 7.37. The van der Waals surface area contributed by atoms with Crippen molar-refractivity contribution >= 4 is 29.9 Å². The minimum atomic E-state index is 0. The van der Waals surface area contributed by atoms with Gasteiger partial charge in [0.05, 0.1) is 26.9 Å². The first-order valence-electron chi connectivity index (χ1n) is 10.1. The maximum Gasteiger partial charge on any atom is 0.191 e. The van der Waals surface area contributed by atoms with Gasteiger partial charge in [-0.25, -0.2) is 0 Å². The lowest BCUT2D eigenvalue weighted by Crippen LogP contribution is -2.48. The molecule has 1 aromatic carbocycles. The van der Waals surface area contributed by atoms with Crippen LogP contribution in [0.25, 0.3) is 0 Å². The van der Waals surface area contributed by atoms with Gasteiger partial charge >= 0.3 is 0 Å². The molecule has 1 heterocycles. The zero-order chi connectivity index (χ0) is 19.5. The van der Waals surface area contributed by atoms with E-state index in [9.17, 15) is 0 Å². The number of aliphatic imine (C=N–C) groups is 1. The summed E-state index contributed by atoms with van der Waals surface area (Å²) in [5.41, 5.74) is 1.26. The number of nitrogens with one attached hydrogen (secondary N) is 2. The summed E-state index contributed by atoms with van der Waals surface area (Å²) in [5.74, 6) is 2.35. The average molecular weight is 504 g/mol. The Morgan fingerprint density at radius 1 is 1.25 bits per heavy atom. The Morgan fingerprint density at radius 3 is 2.64 bits per heavy atom. The second-order valence-corrected chi connectivity index (χ2v) is 7.21. The number of rotatable bonds is 9. The van der Waals surface area contributed by atoms with Crippen LogP contribution in [-0.2, 0) is 11.2 Å². The molecule has 0 radical (unpaired) electrons. The fraction of sp³-hybridized carbons (Fsp3) is 0.667. The maximum atomic E-state index is 5.49. The van der Waals surface area contributed by atoms with E-state index in [2.05, 4.69) is 48.4 Å². The van der Waals surface area contributed by atoms with Crippen LogP contribution in [0.4, 0.5) is 0 Å². The first-order chi connectivity index (χ1) is 13.1. The molecule has 0 saturated carbocycles. The van der Waals surface area contributed by atoms with Gasteiger partial charge in [-0.15, -0.1) is 24.0 Å². The molecule has 2 rings (SSSR count). The number of hydrogen-bond donors (Lipinski definition) is 2. The highest BCUT2D eigenvalue weighted by molar-refractivity contribution is 14.0. The topological polar surface area (TPSA) is 58.1 Å². The summed E-state index contributed by atoms with van der Waals surface area (Å²) in [6, 6.07) is 8.66. The molecule has 1 atom stereocenters. The SMILES string of the molecule is CCNC(=NCC(C(C)C)N1CCOCC1)NCCc1cccc(OC)c1.I. The van der Waals surface area contributed by atoms with E-state index in [0.29, 0.717) is 12.0 Å². The lowest BCUT2D eigenvalue weighted by molar-refractivity contribution is 0.00867. The minimum Gasteiger partial charge on any atom is -0.497 e. The summed E-state index contributed by atoms with van der Waals surface area (Å²) >= 11 is 0. The van der Waals surface area contributed by atoms with Gasteiger partial charge in [0.15, 0.2) is 5.96 Å². The number of hydrogen-bond acceptors (Lipinski definition) is 4. The molecule has 0 amide bonds. The standard InChI is InChI=1S/C21H36N4O2.HI/c1-5-22-21(23-10-9-18-7-6-8-19(15-18)26-4)24-16-20(17(2)3)25-11-13-27-14-12-25;/h6-8,15,17,20H,5,9-14,16H2,1-4H3,(H2,22,23,24);1H. The largest absolute Gasteiger partial charge is 0.497 e. The number of guanidine groups is 1. The Hall–Kier alpha value is -1.06. The van der Waals surface area contributed by atoms with Crippen molar-refractivity contribution in [2.75, 3.05) is 53.0 Å². The van der Waals surface area contributed by atoms with Gasteiger partial charge < -0.3 is 20.1 Å². The highest BCUT2D eigenvalue weighted by Gasteiger charge is 2.23. The Balaban J connectivity index is 0.00000392.